The summed E-state index contributed by atoms with van der Waals surface area (Å²) in [5.41, 5.74) is -1.57. The Balaban J connectivity index is 1.80. The maximum absolute atomic E-state index is 13.4. The lowest BCUT2D eigenvalue weighted by molar-refractivity contribution is -0.150. The summed E-state index contributed by atoms with van der Waals surface area (Å²) in [5.74, 6) is -1.47. The predicted octanol–water partition coefficient (Wildman–Crippen LogP) is 6.52. The summed E-state index contributed by atoms with van der Waals surface area (Å²) in [5, 5.41) is 4.59. The number of ether oxygens (including phenoxy) is 1. The maximum Gasteiger partial charge on any atom is 0.417 e. The number of benzene rings is 1. The quantitative estimate of drug-likeness (QED) is 0.410. The number of nitrogens with zero attached hydrogens (tertiary/aromatic N) is 2. The fraction of sp³-hybridized carbons (Fsp3) is 0.481. The molecule has 212 valence electrons. The lowest BCUT2D eigenvalue weighted by Gasteiger charge is -2.47. The molecule has 1 aliphatic heterocycles. The van der Waals surface area contributed by atoms with E-state index in [1.807, 2.05) is 6.92 Å². The highest BCUT2D eigenvalue weighted by atomic mass is 35.5. The molecule has 0 saturated carbocycles. The summed E-state index contributed by atoms with van der Waals surface area (Å²) >= 11 is 5.97. The second-order valence-electron chi connectivity index (χ2n) is 11.0. The van der Waals surface area contributed by atoms with Gasteiger partial charge in [-0.2, -0.15) is 13.2 Å². The van der Waals surface area contributed by atoms with Crippen LogP contribution < -0.4 is 10.6 Å². The Kier molecular flexibility index (Phi) is 8.54. The van der Waals surface area contributed by atoms with Crippen LogP contribution in [-0.2, 0) is 26.0 Å². The van der Waals surface area contributed by atoms with Crippen LogP contribution in [0.25, 0.3) is 0 Å². The Hall–Kier alpha value is -3.34. The molecule has 2 heterocycles. The lowest BCUT2D eigenvalue weighted by Crippen LogP contribution is -2.55. The molecule has 0 aliphatic carbocycles. The number of carbonyl (C=O) groups excluding carboxylic acids is 3. The van der Waals surface area contributed by atoms with Crippen LogP contribution in [0.3, 0.4) is 0 Å². The first-order valence-corrected chi connectivity index (χ1v) is 12.8. The van der Waals surface area contributed by atoms with Gasteiger partial charge in [0.1, 0.15) is 11.4 Å². The normalized spacial score (nSPS) is 19.8. The van der Waals surface area contributed by atoms with E-state index in [4.69, 9.17) is 16.3 Å². The van der Waals surface area contributed by atoms with Crippen LogP contribution in [0.15, 0.2) is 30.5 Å². The minimum atomic E-state index is -4.61. The Labute approximate surface area is 230 Å². The smallest absolute Gasteiger partial charge is 0.417 e. The molecule has 8 nitrogen and oxygen atoms in total. The third-order valence-electron chi connectivity index (χ3n) is 6.51. The van der Waals surface area contributed by atoms with Gasteiger partial charge in [-0.1, -0.05) is 24.6 Å². The van der Waals surface area contributed by atoms with Gasteiger partial charge in [0.25, 0.3) is 0 Å². The second-order valence-corrected chi connectivity index (χ2v) is 11.4. The molecule has 39 heavy (non-hydrogen) atoms. The zero-order valence-corrected chi connectivity index (χ0v) is 23.4. The van der Waals surface area contributed by atoms with Crippen molar-refractivity contribution < 1.29 is 32.3 Å². The standard InChI is InChI=1S/C27H32ClF3N4O4/c1-15-9-10-26(6,17-7-8-19(20(28)12-17)27(29,30)31)35(14-15)23(37)22(36)33-18-11-16(2)21(32-13-18)34-24(38)39-25(3,4)5/h7-8,11-13,15H,9-10,14H2,1-6H3,(H,33,36)(H,32,34,38)/t15-,26-/m0/s1. The number of aromatic nitrogens is 1. The van der Waals surface area contributed by atoms with Crippen LogP contribution in [0.4, 0.5) is 29.5 Å². The molecule has 2 aromatic rings. The number of aryl methyl sites for hydroxylation is 1. The van der Waals surface area contributed by atoms with Crippen LogP contribution in [0.2, 0.25) is 5.02 Å². The summed E-state index contributed by atoms with van der Waals surface area (Å²) in [6, 6.07) is 4.94. The fourth-order valence-electron chi connectivity index (χ4n) is 4.44. The first kappa shape index (κ1) is 30.2. The van der Waals surface area contributed by atoms with E-state index in [2.05, 4.69) is 15.6 Å². The highest BCUT2D eigenvalue weighted by molar-refractivity contribution is 6.39. The number of pyridine rings is 1. The Morgan fingerprint density at radius 1 is 1.15 bits per heavy atom. The number of hydrogen-bond acceptors (Lipinski definition) is 5. The largest absolute Gasteiger partial charge is 0.444 e. The monoisotopic (exact) mass is 568 g/mol. The fourth-order valence-corrected chi connectivity index (χ4v) is 4.72. The number of carbonyl (C=O) groups is 3. The summed E-state index contributed by atoms with van der Waals surface area (Å²) in [6.07, 6.45) is -2.88. The Morgan fingerprint density at radius 3 is 2.38 bits per heavy atom. The van der Waals surface area contributed by atoms with Gasteiger partial charge < -0.3 is 15.0 Å². The van der Waals surface area contributed by atoms with E-state index in [-0.39, 0.29) is 24.0 Å². The molecule has 1 aromatic carbocycles. The van der Waals surface area contributed by atoms with Crippen molar-refractivity contribution in [3.63, 3.8) is 0 Å². The average Bonchev–Trinajstić information content (AvgIpc) is 2.80. The first-order chi connectivity index (χ1) is 17.9. The zero-order chi connectivity index (χ0) is 29.3. The molecule has 1 aliphatic rings. The van der Waals surface area contributed by atoms with Crippen molar-refractivity contribution in [2.45, 2.75) is 71.7 Å². The average molecular weight is 569 g/mol. The van der Waals surface area contributed by atoms with Gasteiger partial charge in [-0.3, -0.25) is 14.9 Å². The lowest BCUT2D eigenvalue weighted by atomic mass is 9.78. The van der Waals surface area contributed by atoms with Gasteiger partial charge in [-0.15, -0.1) is 0 Å². The molecule has 1 saturated heterocycles. The van der Waals surface area contributed by atoms with E-state index in [9.17, 15) is 27.6 Å². The van der Waals surface area contributed by atoms with Crippen molar-refractivity contribution in [3.05, 3.63) is 52.2 Å². The molecule has 3 rings (SSSR count). The van der Waals surface area contributed by atoms with Crippen LogP contribution in [-0.4, -0.2) is 39.9 Å². The van der Waals surface area contributed by atoms with Gasteiger partial charge in [-0.25, -0.2) is 9.78 Å². The van der Waals surface area contributed by atoms with E-state index in [1.165, 1.54) is 23.2 Å². The van der Waals surface area contributed by atoms with Gasteiger partial charge in [0.2, 0.25) is 0 Å². The van der Waals surface area contributed by atoms with Gasteiger partial charge in [0.05, 0.1) is 28.0 Å². The number of likely N-dealkylation sites (tertiary alicyclic amines) is 1. The zero-order valence-electron chi connectivity index (χ0n) is 22.6. The molecule has 1 aromatic heterocycles. The molecule has 1 fully saturated rings. The van der Waals surface area contributed by atoms with Crippen LogP contribution in [0.1, 0.15) is 64.2 Å². The van der Waals surface area contributed by atoms with E-state index in [1.54, 1.807) is 40.7 Å². The second kappa shape index (κ2) is 11.0. The molecule has 0 radical (unpaired) electrons. The van der Waals surface area contributed by atoms with Crippen LogP contribution in [0, 0.1) is 12.8 Å². The third kappa shape index (κ3) is 7.20. The number of rotatable bonds is 3. The van der Waals surface area contributed by atoms with E-state index < -0.39 is 45.8 Å². The van der Waals surface area contributed by atoms with Crippen molar-refractivity contribution in [2.24, 2.45) is 5.92 Å². The third-order valence-corrected chi connectivity index (χ3v) is 6.82. The minimum Gasteiger partial charge on any atom is -0.444 e. The Morgan fingerprint density at radius 2 is 1.82 bits per heavy atom. The number of alkyl halides is 3. The number of nitrogens with one attached hydrogen (secondary N) is 2. The summed E-state index contributed by atoms with van der Waals surface area (Å²) in [6.45, 7) is 10.7. The molecule has 0 bridgehead atoms. The van der Waals surface area contributed by atoms with Gasteiger partial charge in [0, 0.05) is 6.54 Å². The van der Waals surface area contributed by atoms with Crippen molar-refractivity contribution in [3.8, 4) is 0 Å². The van der Waals surface area contributed by atoms with Crippen LogP contribution >= 0.6 is 11.6 Å². The number of amides is 3. The number of anilines is 2. The van der Waals surface area contributed by atoms with E-state index in [0.29, 0.717) is 24.0 Å². The maximum atomic E-state index is 13.4. The molecular weight excluding hydrogens is 537 g/mol. The molecule has 12 heteroatoms. The SMILES string of the molecule is Cc1cc(NC(=O)C(=O)N2C[C@@H](C)CC[C@@]2(C)c2ccc(C(F)(F)F)c(Cl)c2)cnc1NC(=O)OC(C)(C)C. The summed E-state index contributed by atoms with van der Waals surface area (Å²) in [4.78, 5) is 44.0. The Bertz CT molecular complexity index is 1280. The molecule has 3 amide bonds. The highest BCUT2D eigenvalue weighted by Crippen LogP contribution is 2.42. The molecule has 0 unspecified atom stereocenters. The summed E-state index contributed by atoms with van der Waals surface area (Å²) < 4.78 is 44.9. The van der Waals surface area contributed by atoms with Crippen molar-refractivity contribution in [2.75, 3.05) is 17.2 Å². The van der Waals surface area contributed by atoms with Gasteiger partial charge in [0.15, 0.2) is 0 Å². The van der Waals surface area contributed by atoms with Gasteiger partial charge in [-0.05, 0) is 82.7 Å². The molecule has 0 spiro atoms. The minimum absolute atomic E-state index is 0.0712. The number of halogens is 4. The molecule has 2 atom stereocenters. The predicted molar refractivity (Wildman–Crippen MR) is 141 cm³/mol. The topological polar surface area (TPSA) is 101 Å². The molecule has 2 N–H and O–H groups in total. The van der Waals surface area contributed by atoms with Crippen molar-refractivity contribution in [1.29, 1.82) is 0 Å². The highest BCUT2D eigenvalue weighted by Gasteiger charge is 2.44. The van der Waals surface area contributed by atoms with E-state index >= 15 is 0 Å². The number of hydrogen-bond donors (Lipinski definition) is 2. The molecular formula is C27H32ClF3N4O4. The van der Waals surface area contributed by atoms with E-state index in [0.717, 1.165) is 6.07 Å². The van der Waals surface area contributed by atoms with Crippen molar-refractivity contribution in [1.82, 2.24) is 9.88 Å². The summed E-state index contributed by atoms with van der Waals surface area (Å²) in [7, 11) is 0. The van der Waals surface area contributed by atoms with Gasteiger partial charge >= 0.3 is 24.1 Å². The van der Waals surface area contributed by atoms with Crippen LogP contribution in [0.5, 0.6) is 0 Å². The van der Waals surface area contributed by atoms with Crippen molar-refractivity contribution >= 4 is 41.0 Å². The first-order valence-electron chi connectivity index (χ1n) is 12.4. The number of piperidine rings is 1.